The molecule has 1 heterocycles. The van der Waals surface area contributed by atoms with Crippen molar-refractivity contribution >= 4 is 55.5 Å². The highest BCUT2D eigenvalue weighted by Gasteiger charge is 2.24. The molecule has 0 aliphatic heterocycles. The molecule has 0 saturated heterocycles. The summed E-state index contributed by atoms with van der Waals surface area (Å²) >= 11 is 18.2. The summed E-state index contributed by atoms with van der Waals surface area (Å²) in [7, 11) is -2.42. The molecule has 0 saturated carbocycles. The van der Waals surface area contributed by atoms with Crippen LogP contribution in [-0.4, -0.2) is 20.5 Å². The van der Waals surface area contributed by atoms with Crippen LogP contribution in [0.2, 0.25) is 15.1 Å². The van der Waals surface area contributed by atoms with Gasteiger partial charge in [-0.2, -0.15) is 0 Å². The van der Waals surface area contributed by atoms with E-state index in [-0.39, 0.29) is 24.9 Å². The van der Waals surface area contributed by atoms with Gasteiger partial charge in [0.25, 0.3) is 0 Å². The molecule has 0 atom stereocenters. The number of sulfone groups is 1. The van der Waals surface area contributed by atoms with Crippen LogP contribution in [-0.2, 0) is 9.84 Å². The molecule has 0 unspecified atom stereocenters. The zero-order valence-electron chi connectivity index (χ0n) is 12.3. The van der Waals surface area contributed by atoms with Crippen LogP contribution in [0.5, 0.6) is 5.75 Å². The van der Waals surface area contributed by atoms with E-state index in [1.54, 1.807) is 18.2 Å². The minimum absolute atomic E-state index is 0.0500. The first-order chi connectivity index (χ1) is 11.3. The number of rotatable bonds is 3. The van der Waals surface area contributed by atoms with E-state index < -0.39 is 9.84 Å². The van der Waals surface area contributed by atoms with E-state index in [0.717, 1.165) is 0 Å². The molecule has 8 heteroatoms. The average molecular weight is 403 g/mol. The van der Waals surface area contributed by atoms with Gasteiger partial charge < -0.3 is 4.74 Å². The van der Waals surface area contributed by atoms with Crippen LogP contribution in [0.4, 0.5) is 0 Å². The maximum absolute atomic E-state index is 12.9. The van der Waals surface area contributed by atoms with Gasteiger partial charge >= 0.3 is 0 Å². The molecule has 24 heavy (non-hydrogen) atoms. The predicted molar refractivity (Wildman–Crippen MR) is 95.2 cm³/mol. The molecule has 0 radical (unpaired) electrons. The number of nitrogens with zero attached hydrogens (tertiary/aromatic N) is 1. The Morgan fingerprint density at radius 2 is 1.67 bits per heavy atom. The number of pyridine rings is 1. The minimum Gasteiger partial charge on any atom is -0.497 e. The fourth-order valence-corrected chi connectivity index (χ4v) is 4.76. The number of aromatic nitrogens is 1. The van der Waals surface area contributed by atoms with Crippen LogP contribution in [0.3, 0.4) is 0 Å². The zero-order valence-corrected chi connectivity index (χ0v) is 15.3. The van der Waals surface area contributed by atoms with Crippen molar-refractivity contribution in [3.8, 4) is 5.75 Å². The second kappa shape index (κ2) is 6.41. The molecular formula is C16H10Cl3NO3S. The third-order valence-corrected chi connectivity index (χ3v) is 6.11. The number of ether oxygens (including phenoxy) is 1. The van der Waals surface area contributed by atoms with Gasteiger partial charge in [-0.25, -0.2) is 8.42 Å². The maximum atomic E-state index is 12.9. The smallest absolute Gasteiger partial charge is 0.209 e. The van der Waals surface area contributed by atoms with Gasteiger partial charge in [-0.15, -0.1) is 0 Å². The number of hydrogen-bond donors (Lipinski definition) is 0. The van der Waals surface area contributed by atoms with Gasteiger partial charge in [0, 0.05) is 21.6 Å². The highest BCUT2D eigenvalue weighted by molar-refractivity contribution is 7.91. The van der Waals surface area contributed by atoms with E-state index in [1.165, 1.54) is 31.5 Å². The highest BCUT2D eigenvalue weighted by atomic mass is 35.5. The first kappa shape index (κ1) is 17.3. The number of fused-ring (bicyclic) bond motifs is 1. The molecule has 0 amide bonds. The Balaban J connectivity index is 2.26. The van der Waals surface area contributed by atoms with Crippen LogP contribution in [0.25, 0.3) is 10.9 Å². The molecular weight excluding hydrogens is 393 g/mol. The van der Waals surface area contributed by atoms with E-state index in [0.29, 0.717) is 16.7 Å². The van der Waals surface area contributed by atoms with Crippen LogP contribution in [0.15, 0.2) is 52.4 Å². The van der Waals surface area contributed by atoms with Gasteiger partial charge in [0.1, 0.15) is 10.6 Å². The normalized spacial score (nSPS) is 11.7. The summed E-state index contributed by atoms with van der Waals surface area (Å²) in [5, 5.41) is 0.973. The summed E-state index contributed by atoms with van der Waals surface area (Å²) in [4.78, 5) is 4.00. The van der Waals surface area contributed by atoms with E-state index in [2.05, 4.69) is 4.98 Å². The fraction of sp³-hybridized carbons (Fsp3) is 0.0625. The van der Waals surface area contributed by atoms with Crippen molar-refractivity contribution in [3.05, 3.63) is 57.7 Å². The molecule has 0 aliphatic carbocycles. The van der Waals surface area contributed by atoms with Crippen LogP contribution in [0, 0.1) is 0 Å². The zero-order chi connectivity index (χ0) is 17.5. The van der Waals surface area contributed by atoms with Crippen molar-refractivity contribution in [1.82, 2.24) is 4.98 Å². The number of halogens is 3. The van der Waals surface area contributed by atoms with Crippen molar-refractivity contribution in [3.63, 3.8) is 0 Å². The lowest BCUT2D eigenvalue weighted by molar-refractivity contribution is 0.415. The molecule has 124 valence electrons. The largest absolute Gasteiger partial charge is 0.497 e. The lowest BCUT2D eigenvalue weighted by atomic mass is 10.2. The van der Waals surface area contributed by atoms with Crippen molar-refractivity contribution in [2.75, 3.05) is 7.11 Å². The second-order valence-corrected chi connectivity index (χ2v) is 8.10. The van der Waals surface area contributed by atoms with Crippen LogP contribution < -0.4 is 4.74 Å². The average Bonchev–Trinajstić information content (AvgIpc) is 2.54. The lowest BCUT2D eigenvalue weighted by Crippen LogP contribution is -2.04. The van der Waals surface area contributed by atoms with E-state index >= 15 is 0 Å². The number of hydrogen-bond acceptors (Lipinski definition) is 4. The summed E-state index contributed by atoms with van der Waals surface area (Å²) in [5.74, 6) is 0.548. The van der Waals surface area contributed by atoms with E-state index in [4.69, 9.17) is 39.5 Å². The van der Waals surface area contributed by atoms with Gasteiger partial charge in [-0.05, 0) is 36.4 Å². The first-order valence-electron chi connectivity index (χ1n) is 6.66. The van der Waals surface area contributed by atoms with Gasteiger partial charge in [0.15, 0.2) is 0 Å². The first-order valence-corrected chi connectivity index (χ1v) is 9.28. The predicted octanol–water partition coefficient (Wildman–Crippen LogP) is 5.04. The Bertz CT molecular complexity index is 1030. The number of methoxy groups -OCH3 is 1. The molecule has 0 spiro atoms. The van der Waals surface area contributed by atoms with Crippen molar-refractivity contribution in [1.29, 1.82) is 0 Å². The quantitative estimate of drug-likeness (QED) is 0.616. The van der Waals surface area contributed by atoms with Gasteiger partial charge in [0.2, 0.25) is 9.84 Å². The van der Waals surface area contributed by atoms with E-state index in [1.807, 2.05) is 0 Å². The molecule has 0 aliphatic rings. The molecule has 1 aromatic heterocycles. The fourth-order valence-electron chi connectivity index (χ4n) is 2.25. The second-order valence-electron chi connectivity index (χ2n) is 4.93. The molecule has 4 nitrogen and oxygen atoms in total. The third-order valence-electron chi connectivity index (χ3n) is 3.41. The van der Waals surface area contributed by atoms with Crippen LogP contribution >= 0.6 is 34.8 Å². The standard InChI is InChI=1S/C16H10Cl3NO3S/c1-23-11-2-3-14-13(7-11)16(19)15(8-20-14)24(21,22)12-5-9(17)4-10(18)6-12/h2-8H,1H3. The number of benzene rings is 2. The summed E-state index contributed by atoms with van der Waals surface area (Å²) in [6, 6.07) is 9.13. The van der Waals surface area contributed by atoms with Crippen molar-refractivity contribution in [2.24, 2.45) is 0 Å². The minimum atomic E-state index is -3.93. The van der Waals surface area contributed by atoms with Gasteiger partial charge in [0.05, 0.1) is 22.5 Å². The molecule has 0 N–H and O–H groups in total. The SMILES string of the molecule is COc1ccc2ncc(S(=O)(=O)c3cc(Cl)cc(Cl)c3)c(Cl)c2c1. The van der Waals surface area contributed by atoms with Crippen molar-refractivity contribution in [2.45, 2.75) is 9.79 Å². The topological polar surface area (TPSA) is 56.3 Å². The summed E-state index contributed by atoms with van der Waals surface area (Å²) < 4.78 is 30.9. The Kier molecular flexibility index (Phi) is 4.62. The maximum Gasteiger partial charge on any atom is 0.209 e. The summed E-state index contributed by atoms with van der Waals surface area (Å²) in [5.41, 5.74) is 0.559. The highest BCUT2D eigenvalue weighted by Crippen LogP contribution is 2.35. The van der Waals surface area contributed by atoms with Crippen molar-refractivity contribution < 1.29 is 13.2 Å². The third kappa shape index (κ3) is 3.05. The summed E-state index contributed by atoms with van der Waals surface area (Å²) in [6.07, 6.45) is 1.22. The molecule has 3 rings (SSSR count). The summed E-state index contributed by atoms with van der Waals surface area (Å²) in [6.45, 7) is 0. The monoisotopic (exact) mass is 401 g/mol. The lowest BCUT2D eigenvalue weighted by Gasteiger charge is -2.10. The Morgan fingerprint density at radius 1 is 1.00 bits per heavy atom. The molecule has 2 aromatic carbocycles. The van der Waals surface area contributed by atoms with E-state index in [9.17, 15) is 8.42 Å². The van der Waals surface area contributed by atoms with Crippen LogP contribution in [0.1, 0.15) is 0 Å². The molecule has 3 aromatic rings. The molecule has 0 bridgehead atoms. The van der Waals surface area contributed by atoms with Gasteiger partial charge in [-0.1, -0.05) is 34.8 Å². The Labute approximate surface area is 153 Å². The Hall–Kier alpha value is -1.53. The Morgan fingerprint density at radius 3 is 2.29 bits per heavy atom. The molecule has 0 fully saturated rings. The van der Waals surface area contributed by atoms with Gasteiger partial charge in [-0.3, -0.25) is 4.98 Å².